The van der Waals surface area contributed by atoms with E-state index in [-0.39, 0.29) is 11.7 Å². The zero-order valence-electron chi connectivity index (χ0n) is 8.29. The lowest BCUT2D eigenvalue weighted by atomic mass is 9.95. The summed E-state index contributed by atoms with van der Waals surface area (Å²) in [5.41, 5.74) is -0.127. The molecule has 0 spiro atoms. The first-order valence-corrected chi connectivity index (χ1v) is 4.48. The van der Waals surface area contributed by atoms with E-state index in [0.29, 0.717) is 6.61 Å². The molecule has 4 heteroatoms. The highest BCUT2D eigenvalue weighted by Crippen LogP contribution is 2.25. The van der Waals surface area contributed by atoms with Crippen molar-refractivity contribution in [2.45, 2.75) is 45.8 Å². The molecule has 1 fully saturated rings. The van der Waals surface area contributed by atoms with Gasteiger partial charge in [0.25, 0.3) is 0 Å². The minimum Gasteiger partial charge on any atom is -0.386 e. The third-order valence-electron chi connectivity index (χ3n) is 1.84. The molecule has 1 rings (SSSR count). The molecule has 12 heavy (non-hydrogen) atoms. The molecule has 0 bridgehead atoms. The van der Waals surface area contributed by atoms with E-state index < -0.39 is 7.32 Å². The van der Waals surface area contributed by atoms with Gasteiger partial charge in [-0.3, -0.25) is 0 Å². The molecule has 0 saturated carbocycles. The summed E-state index contributed by atoms with van der Waals surface area (Å²) >= 11 is 0. The van der Waals surface area contributed by atoms with Crippen LogP contribution in [0.2, 0.25) is 0 Å². The Morgan fingerprint density at radius 3 is 2.75 bits per heavy atom. The Morgan fingerprint density at radius 1 is 1.58 bits per heavy atom. The zero-order chi connectivity index (χ0) is 9.19. The molecule has 1 heterocycles. The lowest BCUT2D eigenvalue weighted by molar-refractivity contribution is -0.0677. The van der Waals surface area contributed by atoms with Crippen molar-refractivity contribution in [3.05, 3.63) is 0 Å². The Labute approximate surface area is 74.6 Å². The van der Waals surface area contributed by atoms with Crippen molar-refractivity contribution < 1.29 is 14.0 Å². The highest BCUT2D eigenvalue weighted by atomic mass is 16.7. The van der Waals surface area contributed by atoms with Crippen LogP contribution in [0.25, 0.3) is 0 Å². The first-order chi connectivity index (χ1) is 5.53. The van der Waals surface area contributed by atoms with Gasteiger partial charge in [0, 0.05) is 12.7 Å². The van der Waals surface area contributed by atoms with E-state index in [0.717, 1.165) is 6.42 Å². The highest BCUT2D eigenvalue weighted by molar-refractivity contribution is 6.36. The first-order valence-electron chi connectivity index (χ1n) is 4.48. The van der Waals surface area contributed by atoms with Crippen molar-refractivity contribution in [1.82, 2.24) is 0 Å². The molecule has 0 aliphatic carbocycles. The fraction of sp³-hybridized carbons (Fsp3) is 1.00. The van der Waals surface area contributed by atoms with Crippen LogP contribution < -0.4 is 0 Å². The maximum Gasteiger partial charge on any atom is 0.639 e. The summed E-state index contributed by atoms with van der Waals surface area (Å²) in [6, 6.07) is 0. The lowest BCUT2D eigenvalue weighted by Crippen LogP contribution is -2.47. The van der Waals surface area contributed by atoms with Crippen LogP contribution in [0.4, 0.5) is 0 Å². The predicted octanol–water partition coefficient (Wildman–Crippen LogP) is 1.61. The largest absolute Gasteiger partial charge is 0.639 e. The van der Waals surface area contributed by atoms with Gasteiger partial charge in [0.1, 0.15) is 0 Å². The maximum atomic E-state index is 5.54. The van der Waals surface area contributed by atoms with E-state index >= 15 is 0 Å². The van der Waals surface area contributed by atoms with Crippen LogP contribution in [-0.4, -0.2) is 25.6 Å². The van der Waals surface area contributed by atoms with Crippen LogP contribution in [-0.2, 0) is 14.0 Å². The minimum absolute atomic E-state index is 0.127. The van der Waals surface area contributed by atoms with Crippen molar-refractivity contribution in [2.24, 2.45) is 0 Å². The Kier molecular flexibility index (Phi) is 3.15. The topological polar surface area (TPSA) is 27.7 Å². The Hall–Kier alpha value is -0.0551. The molecule has 0 radical (unpaired) electrons. The van der Waals surface area contributed by atoms with Gasteiger partial charge in [0.05, 0.1) is 5.60 Å². The van der Waals surface area contributed by atoms with E-state index in [1.54, 1.807) is 0 Å². The number of rotatable bonds is 2. The molecular formula is C8H17BO3. The van der Waals surface area contributed by atoms with Crippen LogP contribution in [0.15, 0.2) is 0 Å². The molecule has 0 aromatic rings. The van der Waals surface area contributed by atoms with Crippen LogP contribution >= 0.6 is 0 Å². The van der Waals surface area contributed by atoms with Gasteiger partial charge >= 0.3 is 7.32 Å². The molecule has 1 aliphatic rings. The summed E-state index contributed by atoms with van der Waals surface area (Å²) in [6.07, 6.45) is 1.13. The summed E-state index contributed by atoms with van der Waals surface area (Å²) in [7, 11) is -0.478. The lowest BCUT2D eigenvalue weighted by Gasteiger charge is -2.36. The molecule has 0 aromatic carbocycles. The summed E-state index contributed by atoms with van der Waals surface area (Å²) < 4.78 is 16.2. The molecular weight excluding hydrogens is 155 g/mol. The van der Waals surface area contributed by atoms with Gasteiger partial charge in [0.15, 0.2) is 0 Å². The van der Waals surface area contributed by atoms with Gasteiger partial charge in [0.2, 0.25) is 0 Å². The Bertz CT molecular complexity index is 149. The second-order valence-electron chi connectivity index (χ2n) is 3.77. The van der Waals surface area contributed by atoms with Crippen molar-refractivity contribution >= 4 is 7.32 Å². The first kappa shape index (κ1) is 10.0. The molecule has 0 amide bonds. The van der Waals surface area contributed by atoms with Crippen LogP contribution in [0, 0.1) is 0 Å². The van der Waals surface area contributed by atoms with Crippen LogP contribution in [0.5, 0.6) is 0 Å². The zero-order valence-corrected chi connectivity index (χ0v) is 8.29. The van der Waals surface area contributed by atoms with Gasteiger partial charge in [-0.05, 0) is 34.1 Å². The monoisotopic (exact) mass is 172 g/mol. The second-order valence-corrected chi connectivity index (χ2v) is 3.77. The molecule has 0 unspecified atom stereocenters. The third-order valence-corrected chi connectivity index (χ3v) is 1.84. The smallest absolute Gasteiger partial charge is 0.386 e. The predicted molar refractivity (Wildman–Crippen MR) is 47.7 cm³/mol. The SMILES string of the molecule is CCOB1O[C@H](C)CC(C)(C)O1. The van der Waals surface area contributed by atoms with E-state index in [2.05, 4.69) is 13.8 Å². The summed E-state index contributed by atoms with van der Waals surface area (Å²) in [5, 5.41) is 0. The second kappa shape index (κ2) is 3.77. The minimum atomic E-state index is -0.478. The molecule has 3 nitrogen and oxygen atoms in total. The quantitative estimate of drug-likeness (QED) is 0.592. The highest BCUT2D eigenvalue weighted by Gasteiger charge is 2.38. The summed E-state index contributed by atoms with van der Waals surface area (Å²) in [4.78, 5) is 0. The molecule has 1 atom stereocenters. The summed E-state index contributed by atoms with van der Waals surface area (Å²) in [5.74, 6) is 0. The van der Waals surface area contributed by atoms with Crippen molar-refractivity contribution in [2.75, 3.05) is 6.61 Å². The number of hydrogen-bond donors (Lipinski definition) is 0. The van der Waals surface area contributed by atoms with Crippen molar-refractivity contribution in [3.63, 3.8) is 0 Å². The van der Waals surface area contributed by atoms with Crippen molar-refractivity contribution in [3.8, 4) is 0 Å². The third kappa shape index (κ3) is 2.77. The van der Waals surface area contributed by atoms with Crippen molar-refractivity contribution in [1.29, 1.82) is 0 Å². The van der Waals surface area contributed by atoms with Crippen LogP contribution in [0.1, 0.15) is 34.1 Å². The fourth-order valence-electron chi connectivity index (χ4n) is 1.48. The van der Waals surface area contributed by atoms with Gasteiger partial charge in [-0.15, -0.1) is 0 Å². The Morgan fingerprint density at radius 2 is 2.25 bits per heavy atom. The van der Waals surface area contributed by atoms with Gasteiger partial charge in [-0.2, -0.15) is 0 Å². The number of hydrogen-bond acceptors (Lipinski definition) is 3. The normalized spacial score (nSPS) is 29.0. The van der Waals surface area contributed by atoms with E-state index in [1.165, 1.54) is 0 Å². The molecule has 1 saturated heterocycles. The molecule has 0 aromatic heterocycles. The van der Waals surface area contributed by atoms with Gasteiger partial charge in [-0.1, -0.05) is 0 Å². The molecule has 70 valence electrons. The molecule has 0 N–H and O–H groups in total. The maximum absolute atomic E-state index is 5.54. The van der Waals surface area contributed by atoms with Gasteiger partial charge < -0.3 is 14.0 Å². The van der Waals surface area contributed by atoms with Gasteiger partial charge in [-0.25, -0.2) is 0 Å². The average molecular weight is 172 g/mol. The average Bonchev–Trinajstić information content (AvgIpc) is 1.82. The Balaban J connectivity index is 2.46. The fourth-order valence-corrected chi connectivity index (χ4v) is 1.48. The molecule has 1 aliphatic heterocycles. The van der Waals surface area contributed by atoms with E-state index in [9.17, 15) is 0 Å². The van der Waals surface area contributed by atoms with E-state index in [1.807, 2.05) is 13.8 Å². The standard InChI is InChI=1S/C8H17BO3/c1-5-10-9-11-7(2)6-8(3,4)12-9/h7H,5-6H2,1-4H3/t7-/m1/s1. The van der Waals surface area contributed by atoms with Crippen LogP contribution in [0.3, 0.4) is 0 Å². The van der Waals surface area contributed by atoms with E-state index in [4.69, 9.17) is 14.0 Å². The summed E-state index contributed by atoms with van der Waals surface area (Å²) in [6.45, 7) is 8.69.